The summed E-state index contributed by atoms with van der Waals surface area (Å²) in [7, 11) is 5.31. The summed E-state index contributed by atoms with van der Waals surface area (Å²) in [6.45, 7) is 1.58. The fourth-order valence-electron chi connectivity index (χ4n) is 3.95. The van der Waals surface area contributed by atoms with E-state index in [0.717, 1.165) is 10.9 Å². The van der Waals surface area contributed by atoms with E-state index in [4.69, 9.17) is 10.5 Å². The molecule has 154 valence electrons. The number of rotatable bonds is 7. The number of aromatic nitrogens is 6. The van der Waals surface area contributed by atoms with Gasteiger partial charge in [-0.3, -0.25) is 14.2 Å². The number of hydrogen-bond acceptors (Lipinski definition) is 8. The third-order valence-corrected chi connectivity index (χ3v) is 5.28. The topological polar surface area (TPSA) is 129 Å². The molecule has 1 aliphatic rings. The SMILES string of the molecule is COCCN1C(=O)C[C@H](CNc2nc(N)nc3c2cnn3C)[C@H]1c1cnn(C)c1. The van der Waals surface area contributed by atoms with Crippen LogP contribution < -0.4 is 11.1 Å². The molecule has 0 bridgehead atoms. The molecular formula is C18H25N9O2. The Balaban J connectivity index is 1.59. The summed E-state index contributed by atoms with van der Waals surface area (Å²) < 4.78 is 8.61. The number of nitrogens with one attached hydrogen (secondary N) is 1. The maximum Gasteiger partial charge on any atom is 0.224 e. The number of nitrogens with two attached hydrogens (primary N) is 1. The molecule has 4 rings (SSSR count). The van der Waals surface area contributed by atoms with Crippen LogP contribution in [0.15, 0.2) is 18.6 Å². The lowest BCUT2D eigenvalue weighted by Crippen LogP contribution is -2.33. The normalized spacial score (nSPS) is 19.4. The standard InChI is InChI=1S/C18H25N9O2/c1-25-10-12(8-21-25)15-11(6-14(28)27(15)4-5-29-3)7-20-16-13-9-22-26(2)17(13)24-18(19)23-16/h8-11,15H,4-7H2,1-3H3,(H3,19,20,23,24)/t11-,15+/m1/s1. The lowest BCUT2D eigenvalue weighted by Gasteiger charge is -2.27. The third-order valence-electron chi connectivity index (χ3n) is 5.28. The van der Waals surface area contributed by atoms with Gasteiger partial charge in [0.05, 0.1) is 30.4 Å². The molecule has 1 saturated heterocycles. The first-order chi connectivity index (χ1) is 14.0. The summed E-state index contributed by atoms with van der Waals surface area (Å²) in [6.07, 6.45) is 5.92. The zero-order chi connectivity index (χ0) is 20.5. The van der Waals surface area contributed by atoms with Gasteiger partial charge >= 0.3 is 0 Å². The second-order valence-corrected chi connectivity index (χ2v) is 7.25. The predicted octanol–water partition coefficient (Wildman–Crippen LogP) is 0.327. The minimum absolute atomic E-state index is 0.0477. The van der Waals surface area contributed by atoms with Gasteiger partial charge < -0.3 is 20.7 Å². The molecule has 2 atom stereocenters. The Kier molecular flexibility index (Phi) is 5.05. The first-order valence-corrected chi connectivity index (χ1v) is 9.44. The average Bonchev–Trinajstić information content (AvgIpc) is 3.36. The van der Waals surface area contributed by atoms with Crippen LogP contribution in [0.25, 0.3) is 11.0 Å². The Morgan fingerprint density at radius 3 is 2.83 bits per heavy atom. The van der Waals surface area contributed by atoms with Crippen molar-refractivity contribution in [3.05, 3.63) is 24.2 Å². The maximum atomic E-state index is 12.7. The number of aryl methyl sites for hydroxylation is 2. The van der Waals surface area contributed by atoms with Crippen molar-refractivity contribution in [1.82, 2.24) is 34.4 Å². The van der Waals surface area contributed by atoms with Crippen LogP contribution in [0.3, 0.4) is 0 Å². The van der Waals surface area contributed by atoms with Crippen molar-refractivity contribution in [3.8, 4) is 0 Å². The van der Waals surface area contributed by atoms with Crippen LogP contribution in [0.5, 0.6) is 0 Å². The number of ether oxygens (including phenoxy) is 1. The van der Waals surface area contributed by atoms with Gasteiger partial charge in [0, 0.05) is 58.4 Å². The molecule has 0 unspecified atom stereocenters. The Morgan fingerprint density at radius 2 is 2.10 bits per heavy atom. The van der Waals surface area contributed by atoms with Crippen LogP contribution in [0.4, 0.5) is 11.8 Å². The highest BCUT2D eigenvalue weighted by molar-refractivity contribution is 5.87. The van der Waals surface area contributed by atoms with Gasteiger partial charge in [-0.2, -0.15) is 20.2 Å². The number of likely N-dealkylation sites (tertiary alicyclic amines) is 1. The predicted molar refractivity (Wildman–Crippen MR) is 107 cm³/mol. The summed E-state index contributed by atoms with van der Waals surface area (Å²) in [5, 5.41) is 12.7. The molecule has 1 fully saturated rings. The second-order valence-electron chi connectivity index (χ2n) is 7.25. The van der Waals surface area contributed by atoms with E-state index in [1.807, 2.05) is 24.3 Å². The number of nitrogens with zero attached hydrogens (tertiary/aromatic N) is 7. The van der Waals surface area contributed by atoms with Crippen LogP contribution in [0.2, 0.25) is 0 Å². The fraction of sp³-hybridized carbons (Fsp3) is 0.500. The molecule has 0 aromatic carbocycles. The first kappa shape index (κ1) is 19.1. The molecule has 1 aliphatic heterocycles. The Bertz CT molecular complexity index is 1030. The molecule has 11 heteroatoms. The number of amides is 1. The number of carbonyl (C=O) groups is 1. The third kappa shape index (κ3) is 3.60. The van der Waals surface area contributed by atoms with Crippen molar-refractivity contribution in [2.75, 3.05) is 37.9 Å². The van der Waals surface area contributed by atoms with Gasteiger partial charge in [0.1, 0.15) is 5.82 Å². The van der Waals surface area contributed by atoms with Crippen LogP contribution in [0, 0.1) is 5.92 Å². The first-order valence-electron chi connectivity index (χ1n) is 9.44. The summed E-state index contributed by atoms with van der Waals surface area (Å²) in [6, 6.07) is -0.0811. The highest BCUT2D eigenvalue weighted by Gasteiger charge is 2.40. The zero-order valence-corrected chi connectivity index (χ0v) is 16.7. The Labute approximate surface area is 167 Å². The van der Waals surface area contributed by atoms with Gasteiger partial charge in [-0.05, 0) is 0 Å². The van der Waals surface area contributed by atoms with Crippen molar-refractivity contribution < 1.29 is 9.53 Å². The molecule has 0 saturated carbocycles. The van der Waals surface area contributed by atoms with Gasteiger partial charge in [-0.1, -0.05) is 0 Å². The number of hydrogen-bond donors (Lipinski definition) is 2. The van der Waals surface area contributed by atoms with E-state index in [1.54, 1.807) is 29.7 Å². The molecule has 3 aromatic heterocycles. The summed E-state index contributed by atoms with van der Waals surface area (Å²) in [4.78, 5) is 23.2. The quantitative estimate of drug-likeness (QED) is 0.581. The number of methoxy groups -OCH3 is 1. The van der Waals surface area contributed by atoms with Crippen molar-refractivity contribution in [3.63, 3.8) is 0 Å². The van der Waals surface area contributed by atoms with Crippen LogP contribution in [-0.2, 0) is 23.6 Å². The van der Waals surface area contributed by atoms with Crippen LogP contribution >= 0.6 is 0 Å². The van der Waals surface area contributed by atoms with E-state index in [0.29, 0.717) is 37.6 Å². The van der Waals surface area contributed by atoms with E-state index in [2.05, 4.69) is 25.5 Å². The molecule has 3 N–H and O–H groups in total. The number of carbonyl (C=O) groups excluding carboxylic acids is 1. The number of nitrogen functional groups attached to an aromatic ring is 1. The molecule has 4 heterocycles. The lowest BCUT2D eigenvalue weighted by atomic mass is 9.95. The van der Waals surface area contributed by atoms with E-state index >= 15 is 0 Å². The highest BCUT2D eigenvalue weighted by Crippen LogP contribution is 2.38. The van der Waals surface area contributed by atoms with Crippen molar-refractivity contribution >= 4 is 28.7 Å². The summed E-state index contributed by atoms with van der Waals surface area (Å²) in [5.74, 6) is 0.952. The van der Waals surface area contributed by atoms with Crippen molar-refractivity contribution in [1.29, 1.82) is 0 Å². The van der Waals surface area contributed by atoms with Crippen molar-refractivity contribution in [2.45, 2.75) is 12.5 Å². The monoisotopic (exact) mass is 399 g/mol. The van der Waals surface area contributed by atoms with E-state index < -0.39 is 0 Å². The molecular weight excluding hydrogens is 374 g/mol. The lowest BCUT2D eigenvalue weighted by molar-refractivity contribution is -0.129. The number of anilines is 2. The van der Waals surface area contributed by atoms with E-state index in [-0.39, 0.29) is 23.8 Å². The second kappa shape index (κ2) is 7.66. The molecule has 3 aromatic rings. The van der Waals surface area contributed by atoms with Crippen LogP contribution in [0.1, 0.15) is 18.0 Å². The number of fused-ring (bicyclic) bond motifs is 1. The minimum atomic E-state index is -0.0811. The average molecular weight is 399 g/mol. The van der Waals surface area contributed by atoms with Gasteiger partial charge in [0.25, 0.3) is 0 Å². The zero-order valence-electron chi connectivity index (χ0n) is 16.7. The molecule has 1 amide bonds. The summed E-state index contributed by atoms with van der Waals surface area (Å²) >= 11 is 0. The summed E-state index contributed by atoms with van der Waals surface area (Å²) in [5.41, 5.74) is 7.54. The van der Waals surface area contributed by atoms with Gasteiger partial charge in [0.15, 0.2) is 5.65 Å². The van der Waals surface area contributed by atoms with Gasteiger partial charge in [-0.15, -0.1) is 0 Å². The Morgan fingerprint density at radius 1 is 1.28 bits per heavy atom. The molecule has 29 heavy (non-hydrogen) atoms. The Hall–Kier alpha value is -3.21. The van der Waals surface area contributed by atoms with E-state index in [1.165, 1.54) is 0 Å². The van der Waals surface area contributed by atoms with Gasteiger partial charge in [0.2, 0.25) is 11.9 Å². The molecule has 0 aliphatic carbocycles. The molecule has 11 nitrogen and oxygen atoms in total. The minimum Gasteiger partial charge on any atom is -0.383 e. The highest BCUT2D eigenvalue weighted by atomic mass is 16.5. The van der Waals surface area contributed by atoms with Gasteiger partial charge in [-0.25, -0.2) is 0 Å². The van der Waals surface area contributed by atoms with E-state index in [9.17, 15) is 4.79 Å². The largest absolute Gasteiger partial charge is 0.383 e. The fourth-order valence-corrected chi connectivity index (χ4v) is 3.95. The van der Waals surface area contributed by atoms with Crippen molar-refractivity contribution in [2.24, 2.45) is 20.0 Å². The van der Waals surface area contributed by atoms with Crippen LogP contribution in [-0.4, -0.2) is 67.1 Å². The maximum absolute atomic E-state index is 12.7. The molecule has 0 spiro atoms. The molecule has 0 radical (unpaired) electrons. The smallest absolute Gasteiger partial charge is 0.224 e.